The van der Waals surface area contributed by atoms with Crippen LogP contribution >= 0.6 is 0 Å². The third-order valence-electron chi connectivity index (χ3n) is 3.78. The van der Waals surface area contributed by atoms with E-state index in [1.807, 2.05) is 0 Å². The number of benzene rings is 1. The molecule has 0 spiro atoms. The SMILES string of the molecule is N[C@H](c1ccccc1OC(F)(F)C(F)F)[C@@H](O)C1CCC1. The third kappa shape index (κ3) is 3.47. The van der Waals surface area contributed by atoms with E-state index in [1.165, 1.54) is 18.2 Å². The van der Waals surface area contributed by atoms with Crippen LogP contribution in [0.25, 0.3) is 0 Å². The van der Waals surface area contributed by atoms with E-state index in [0.29, 0.717) is 0 Å². The lowest BCUT2D eigenvalue weighted by molar-refractivity contribution is -0.253. The molecule has 0 aromatic heterocycles. The van der Waals surface area contributed by atoms with E-state index in [4.69, 9.17) is 5.73 Å². The molecule has 1 aromatic carbocycles. The highest BCUT2D eigenvalue weighted by Crippen LogP contribution is 2.38. The van der Waals surface area contributed by atoms with E-state index < -0.39 is 30.4 Å². The Kier molecular flexibility index (Phi) is 4.73. The molecule has 0 saturated heterocycles. The minimum absolute atomic E-state index is 0.00339. The molecule has 21 heavy (non-hydrogen) atoms. The second kappa shape index (κ2) is 6.19. The van der Waals surface area contributed by atoms with Gasteiger partial charge in [-0.3, -0.25) is 0 Å². The first-order valence-electron chi connectivity index (χ1n) is 6.70. The molecule has 1 aliphatic rings. The van der Waals surface area contributed by atoms with E-state index >= 15 is 0 Å². The molecule has 0 radical (unpaired) electrons. The maximum atomic E-state index is 13.0. The van der Waals surface area contributed by atoms with Crippen LogP contribution in [-0.4, -0.2) is 23.7 Å². The second-order valence-electron chi connectivity index (χ2n) is 5.21. The molecule has 0 unspecified atom stereocenters. The van der Waals surface area contributed by atoms with Crippen LogP contribution < -0.4 is 10.5 Å². The highest BCUT2D eigenvalue weighted by Gasteiger charge is 2.44. The number of halogens is 4. The van der Waals surface area contributed by atoms with Crippen LogP contribution in [-0.2, 0) is 0 Å². The quantitative estimate of drug-likeness (QED) is 0.794. The lowest BCUT2D eigenvalue weighted by Gasteiger charge is -2.34. The molecule has 2 rings (SSSR count). The van der Waals surface area contributed by atoms with Crippen LogP contribution in [0, 0.1) is 5.92 Å². The molecular weight excluding hydrogens is 290 g/mol. The van der Waals surface area contributed by atoms with Crippen molar-refractivity contribution in [2.45, 2.75) is 43.9 Å². The van der Waals surface area contributed by atoms with Gasteiger partial charge in [-0.1, -0.05) is 24.6 Å². The summed E-state index contributed by atoms with van der Waals surface area (Å²) in [5, 5.41) is 10.1. The highest BCUT2D eigenvalue weighted by molar-refractivity contribution is 5.36. The molecule has 0 aliphatic heterocycles. The fourth-order valence-corrected chi connectivity index (χ4v) is 2.30. The average molecular weight is 307 g/mol. The molecular formula is C14H17F4NO2. The number of para-hydroxylation sites is 1. The Morgan fingerprint density at radius 3 is 2.38 bits per heavy atom. The van der Waals surface area contributed by atoms with Crippen molar-refractivity contribution in [1.82, 2.24) is 0 Å². The molecule has 0 heterocycles. The number of rotatable bonds is 6. The van der Waals surface area contributed by atoms with Crippen LogP contribution in [0.5, 0.6) is 5.75 Å². The van der Waals surface area contributed by atoms with Crippen molar-refractivity contribution in [1.29, 1.82) is 0 Å². The Balaban J connectivity index is 2.19. The first-order valence-corrected chi connectivity index (χ1v) is 6.70. The van der Waals surface area contributed by atoms with Crippen LogP contribution in [0.2, 0.25) is 0 Å². The topological polar surface area (TPSA) is 55.5 Å². The van der Waals surface area contributed by atoms with Gasteiger partial charge in [0.1, 0.15) is 5.75 Å². The summed E-state index contributed by atoms with van der Waals surface area (Å²) in [4.78, 5) is 0. The third-order valence-corrected chi connectivity index (χ3v) is 3.78. The van der Waals surface area contributed by atoms with Crippen molar-refractivity contribution in [3.63, 3.8) is 0 Å². The molecule has 0 bridgehead atoms. The van der Waals surface area contributed by atoms with Gasteiger partial charge in [0, 0.05) is 5.56 Å². The fraction of sp³-hybridized carbons (Fsp3) is 0.571. The number of hydrogen-bond donors (Lipinski definition) is 2. The molecule has 0 amide bonds. The lowest BCUT2D eigenvalue weighted by Crippen LogP contribution is -2.38. The molecule has 1 fully saturated rings. The maximum absolute atomic E-state index is 13.0. The van der Waals surface area contributed by atoms with E-state index in [1.54, 1.807) is 0 Å². The van der Waals surface area contributed by atoms with Crippen LogP contribution in [0.4, 0.5) is 17.6 Å². The predicted octanol–water partition coefficient (Wildman–Crippen LogP) is 3.08. The van der Waals surface area contributed by atoms with Gasteiger partial charge in [-0.15, -0.1) is 0 Å². The zero-order valence-corrected chi connectivity index (χ0v) is 11.2. The van der Waals surface area contributed by atoms with Crippen LogP contribution in [0.3, 0.4) is 0 Å². The standard InChI is InChI=1S/C14H17F4NO2/c15-13(16)14(17,18)21-10-7-2-1-6-9(10)11(19)12(20)8-4-3-5-8/h1-2,6-8,11-13,20H,3-5,19H2/t11-,12+/m1/s1. The highest BCUT2D eigenvalue weighted by atomic mass is 19.3. The Morgan fingerprint density at radius 2 is 1.86 bits per heavy atom. The van der Waals surface area contributed by atoms with E-state index in [2.05, 4.69) is 4.74 Å². The van der Waals surface area contributed by atoms with Gasteiger partial charge in [0.25, 0.3) is 0 Å². The Hall–Kier alpha value is -1.34. The van der Waals surface area contributed by atoms with Gasteiger partial charge in [-0.05, 0) is 24.8 Å². The number of nitrogens with two attached hydrogens (primary N) is 1. The summed E-state index contributed by atoms with van der Waals surface area (Å²) >= 11 is 0. The fourth-order valence-electron chi connectivity index (χ4n) is 2.30. The molecule has 1 aromatic rings. The van der Waals surface area contributed by atoms with Gasteiger partial charge < -0.3 is 15.6 Å². The normalized spacial score (nSPS) is 19.2. The van der Waals surface area contributed by atoms with E-state index in [0.717, 1.165) is 25.3 Å². The number of alkyl halides is 4. The minimum atomic E-state index is -4.60. The molecule has 1 saturated carbocycles. The summed E-state index contributed by atoms with van der Waals surface area (Å²) in [6.45, 7) is 0. The second-order valence-corrected chi connectivity index (χ2v) is 5.21. The Bertz CT molecular complexity index is 480. The van der Waals surface area contributed by atoms with Crippen molar-refractivity contribution < 1.29 is 27.4 Å². The van der Waals surface area contributed by atoms with Gasteiger partial charge in [0.2, 0.25) is 0 Å². The van der Waals surface area contributed by atoms with E-state index in [-0.39, 0.29) is 11.5 Å². The maximum Gasteiger partial charge on any atom is 0.461 e. The molecule has 2 atom stereocenters. The van der Waals surface area contributed by atoms with Crippen LogP contribution in [0.15, 0.2) is 24.3 Å². The Labute approximate surface area is 119 Å². The van der Waals surface area contributed by atoms with Crippen molar-refractivity contribution in [2.75, 3.05) is 0 Å². The largest absolute Gasteiger partial charge is 0.461 e. The molecule has 3 nitrogen and oxygen atoms in total. The first-order chi connectivity index (χ1) is 9.83. The number of aliphatic hydroxyl groups excluding tert-OH is 1. The number of aliphatic hydroxyl groups is 1. The summed E-state index contributed by atoms with van der Waals surface area (Å²) in [5.74, 6) is -0.433. The van der Waals surface area contributed by atoms with Crippen molar-refractivity contribution in [3.05, 3.63) is 29.8 Å². The summed E-state index contributed by atoms with van der Waals surface area (Å²) in [6.07, 6.45) is -6.86. The smallest absolute Gasteiger partial charge is 0.428 e. The van der Waals surface area contributed by atoms with Crippen molar-refractivity contribution in [2.24, 2.45) is 11.7 Å². The molecule has 1 aliphatic carbocycles. The van der Waals surface area contributed by atoms with Crippen molar-refractivity contribution >= 4 is 0 Å². The Morgan fingerprint density at radius 1 is 1.24 bits per heavy atom. The van der Waals surface area contributed by atoms with Gasteiger partial charge in [0.15, 0.2) is 0 Å². The molecule has 3 N–H and O–H groups in total. The van der Waals surface area contributed by atoms with Gasteiger partial charge in [-0.25, -0.2) is 0 Å². The average Bonchev–Trinajstić information content (AvgIpc) is 2.35. The van der Waals surface area contributed by atoms with Crippen LogP contribution in [0.1, 0.15) is 30.9 Å². The summed E-state index contributed by atoms with van der Waals surface area (Å²) in [6, 6.07) is 4.47. The molecule has 7 heteroatoms. The summed E-state index contributed by atoms with van der Waals surface area (Å²) in [7, 11) is 0. The number of ether oxygens (including phenoxy) is 1. The molecule has 118 valence electrons. The summed E-state index contributed by atoms with van der Waals surface area (Å²) in [5.41, 5.74) is 5.98. The monoisotopic (exact) mass is 307 g/mol. The zero-order valence-electron chi connectivity index (χ0n) is 11.2. The zero-order chi connectivity index (χ0) is 15.6. The van der Waals surface area contributed by atoms with Gasteiger partial charge in [0.05, 0.1) is 12.1 Å². The predicted molar refractivity (Wildman–Crippen MR) is 68.3 cm³/mol. The van der Waals surface area contributed by atoms with Crippen molar-refractivity contribution in [3.8, 4) is 5.75 Å². The minimum Gasteiger partial charge on any atom is -0.428 e. The lowest BCUT2D eigenvalue weighted by atomic mass is 9.77. The first kappa shape index (κ1) is 16.0. The van der Waals surface area contributed by atoms with Gasteiger partial charge in [-0.2, -0.15) is 17.6 Å². The van der Waals surface area contributed by atoms with E-state index in [9.17, 15) is 22.7 Å². The number of hydrogen-bond acceptors (Lipinski definition) is 3. The van der Waals surface area contributed by atoms with Gasteiger partial charge >= 0.3 is 12.5 Å². The summed E-state index contributed by atoms with van der Waals surface area (Å²) < 4.78 is 54.6.